The van der Waals surface area contributed by atoms with Crippen LogP contribution in [0.4, 0.5) is 5.13 Å². The molecular formula is C22H22Cl2N4O5S2. The topological polar surface area (TPSA) is 112 Å². The molecule has 0 bridgehead atoms. The number of rotatable bonds is 12. The van der Waals surface area contributed by atoms with Gasteiger partial charge < -0.3 is 19.5 Å². The third-order valence-corrected chi connectivity index (χ3v) is 6.92. The number of ether oxygens (including phenoxy) is 3. The van der Waals surface area contributed by atoms with Crippen molar-refractivity contribution in [1.29, 1.82) is 0 Å². The van der Waals surface area contributed by atoms with Gasteiger partial charge >= 0.3 is 0 Å². The molecule has 0 atom stereocenters. The number of nitrogens with zero attached hydrogens (tertiary/aromatic N) is 2. The number of aromatic nitrogens is 2. The molecule has 35 heavy (non-hydrogen) atoms. The van der Waals surface area contributed by atoms with Gasteiger partial charge in [-0.25, -0.2) is 0 Å². The van der Waals surface area contributed by atoms with Gasteiger partial charge in [-0.05, 0) is 42.3 Å². The van der Waals surface area contributed by atoms with E-state index in [2.05, 4.69) is 20.8 Å². The van der Waals surface area contributed by atoms with Crippen LogP contribution in [-0.4, -0.2) is 55.1 Å². The van der Waals surface area contributed by atoms with Gasteiger partial charge in [0.15, 0.2) is 22.4 Å². The zero-order chi connectivity index (χ0) is 25.2. The summed E-state index contributed by atoms with van der Waals surface area (Å²) in [6, 6.07) is 10.4. The highest BCUT2D eigenvalue weighted by Crippen LogP contribution is 2.29. The predicted octanol–water partition coefficient (Wildman–Crippen LogP) is 4.33. The monoisotopic (exact) mass is 556 g/mol. The van der Waals surface area contributed by atoms with Gasteiger partial charge in [0.1, 0.15) is 5.75 Å². The van der Waals surface area contributed by atoms with Gasteiger partial charge in [-0.2, -0.15) is 0 Å². The molecule has 0 fully saturated rings. The lowest BCUT2D eigenvalue weighted by molar-refractivity contribution is -0.119. The van der Waals surface area contributed by atoms with Crippen LogP contribution in [0.3, 0.4) is 0 Å². The maximum Gasteiger partial charge on any atom is 0.264 e. The van der Waals surface area contributed by atoms with Crippen LogP contribution in [0.2, 0.25) is 10.0 Å². The predicted molar refractivity (Wildman–Crippen MR) is 137 cm³/mol. The quantitative estimate of drug-likeness (QED) is 0.250. The number of anilines is 1. The first-order valence-electron chi connectivity index (χ1n) is 10.2. The first-order chi connectivity index (χ1) is 16.9. The van der Waals surface area contributed by atoms with Gasteiger partial charge in [-0.3, -0.25) is 14.9 Å². The number of amides is 2. The lowest BCUT2D eigenvalue weighted by Crippen LogP contribution is -2.27. The Balaban J connectivity index is 1.37. The maximum atomic E-state index is 12.2. The summed E-state index contributed by atoms with van der Waals surface area (Å²) in [5.74, 6) is 1.26. The molecule has 0 aliphatic heterocycles. The van der Waals surface area contributed by atoms with E-state index < -0.39 is 5.91 Å². The van der Waals surface area contributed by atoms with Crippen molar-refractivity contribution in [1.82, 2.24) is 15.5 Å². The van der Waals surface area contributed by atoms with E-state index in [1.54, 1.807) is 26.4 Å². The third-order valence-electron chi connectivity index (χ3n) is 4.42. The molecule has 2 N–H and O–H groups in total. The van der Waals surface area contributed by atoms with Crippen LogP contribution in [0.25, 0.3) is 0 Å². The Bertz CT molecular complexity index is 1180. The molecular weight excluding hydrogens is 535 g/mol. The highest BCUT2D eigenvalue weighted by Gasteiger charge is 2.12. The lowest BCUT2D eigenvalue weighted by Gasteiger charge is -2.10. The third kappa shape index (κ3) is 8.46. The number of carbonyl (C=O) groups excluding carboxylic acids is 2. The summed E-state index contributed by atoms with van der Waals surface area (Å²) in [5.41, 5.74) is 1.02. The molecule has 0 saturated carbocycles. The second kappa shape index (κ2) is 13.4. The second-order valence-electron chi connectivity index (χ2n) is 6.86. The second-order valence-corrected chi connectivity index (χ2v) is 9.91. The molecule has 1 heterocycles. The number of hydrogen-bond acceptors (Lipinski definition) is 9. The van der Waals surface area contributed by atoms with E-state index in [0.717, 1.165) is 16.9 Å². The van der Waals surface area contributed by atoms with E-state index in [-0.39, 0.29) is 18.3 Å². The number of methoxy groups -OCH3 is 2. The summed E-state index contributed by atoms with van der Waals surface area (Å²) in [5, 5.41) is 14.4. The van der Waals surface area contributed by atoms with Crippen LogP contribution >= 0.6 is 46.3 Å². The van der Waals surface area contributed by atoms with Crippen molar-refractivity contribution in [2.45, 2.75) is 10.8 Å². The van der Waals surface area contributed by atoms with Crippen molar-refractivity contribution >= 4 is 63.2 Å². The number of thioether (sulfide) groups is 1. The van der Waals surface area contributed by atoms with Gasteiger partial charge in [-0.1, -0.05) is 52.4 Å². The van der Waals surface area contributed by atoms with Gasteiger partial charge in [0, 0.05) is 11.6 Å². The van der Waals surface area contributed by atoms with Crippen LogP contribution in [0.5, 0.6) is 17.2 Å². The minimum absolute atomic E-state index is 0.135. The smallest absolute Gasteiger partial charge is 0.264 e. The van der Waals surface area contributed by atoms with Crippen molar-refractivity contribution < 1.29 is 23.8 Å². The lowest BCUT2D eigenvalue weighted by atomic mass is 10.1. The largest absolute Gasteiger partial charge is 0.493 e. The van der Waals surface area contributed by atoms with Crippen LogP contribution in [-0.2, 0) is 16.0 Å². The Hall–Kier alpha value is -2.73. The van der Waals surface area contributed by atoms with Gasteiger partial charge in [-0.15, -0.1) is 10.2 Å². The number of benzene rings is 2. The van der Waals surface area contributed by atoms with E-state index in [4.69, 9.17) is 37.4 Å². The fourth-order valence-corrected chi connectivity index (χ4v) is 4.83. The number of hydrogen-bond donors (Lipinski definition) is 2. The molecule has 0 spiro atoms. The first kappa shape index (κ1) is 26.9. The number of halogens is 2. The summed E-state index contributed by atoms with van der Waals surface area (Å²) in [6.07, 6.45) is 0.648. The SMILES string of the molecule is COc1ccc(CCNC(=O)CSc2nnc(NC(=O)COc3ccc(Cl)cc3Cl)s2)cc1OC. The first-order valence-corrected chi connectivity index (χ1v) is 12.8. The maximum absolute atomic E-state index is 12.2. The van der Waals surface area contributed by atoms with Gasteiger partial charge in [0.25, 0.3) is 5.91 Å². The van der Waals surface area contributed by atoms with Crippen molar-refractivity contribution in [3.8, 4) is 17.2 Å². The van der Waals surface area contributed by atoms with Crippen LogP contribution in [0.15, 0.2) is 40.7 Å². The average Bonchev–Trinajstić information content (AvgIpc) is 3.29. The zero-order valence-corrected chi connectivity index (χ0v) is 21.9. The van der Waals surface area contributed by atoms with E-state index in [9.17, 15) is 9.59 Å². The number of carbonyl (C=O) groups is 2. The molecule has 0 saturated heterocycles. The van der Waals surface area contributed by atoms with Crippen molar-refractivity contribution in [3.05, 3.63) is 52.0 Å². The Kier molecular flexibility index (Phi) is 10.3. The van der Waals surface area contributed by atoms with Gasteiger partial charge in [0.2, 0.25) is 11.0 Å². The highest BCUT2D eigenvalue weighted by molar-refractivity contribution is 8.01. The Morgan fingerprint density at radius 2 is 1.77 bits per heavy atom. The highest BCUT2D eigenvalue weighted by atomic mass is 35.5. The molecule has 2 amide bonds. The summed E-state index contributed by atoms with van der Waals surface area (Å²) in [6.45, 7) is 0.218. The minimum Gasteiger partial charge on any atom is -0.493 e. The molecule has 3 aromatic rings. The molecule has 13 heteroatoms. The van der Waals surface area contributed by atoms with E-state index in [1.165, 1.54) is 17.8 Å². The van der Waals surface area contributed by atoms with Crippen molar-refractivity contribution in [2.75, 3.05) is 38.4 Å². The molecule has 0 unspecified atom stereocenters. The Morgan fingerprint density at radius 3 is 2.51 bits per heavy atom. The number of nitrogens with one attached hydrogen (secondary N) is 2. The molecule has 3 rings (SSSR count). The molecule has 9 nitrogen and oxygen atoms in total. The minimum atomic E-state index is -0.420. The fraction of sp³-hybridized carbons (Fsp3) is 0.273. The average molecular weight is 557 g/mol. The summed E-state index contributed by atoms with van der Waals surface area (Å²) in [4.78, 5) is 24.3. The summed E-state index contributed by atoms with van der Waals surface area (Å²) in [7, 11) is 3.16. The molecule has 2 aromatic carbocycles. The normalized spacial score (nSPS) is 10.5. The Morgan fingerprint density at radius 1 is 1.00 bits per heavy atom. The summed E-state index contributed by atoms with van der Waals surface area (Å²) >= 11 is 14.2. The molecule has 1 aromatic heterocycles. The zero-order valence-electron chi connectivity index (χ0n) is 18.8. The molecule has 0 aliphatic rings. The Labute approximate surface area is 220 Å². The van der Waals surface area contributed by atoms with Gasteiger partial charge in [0.05, 0.1) is 25.0 Å². The summed E-state index contributed by atoms with van der Waals surface area (Å²) < 4.78 is 16.5. The standard InChI is InChI=1S/C22H22Cl2N4O5S2/c1-31-17-5-3-13(9-18(17)32-2)7-8-25-20(30)12-34-22-28-27-21(35-22)26-19(29)11-33-16-6-4-14(23)10-15(16)24/h3-6,9-10H,7-8,11-12H2,1-2H3,(H,25,30)(H,26,27,29). The van der Waals surface area contributed by atoms with Crippen molar-refractivity contribution in [3.63, 3.8) is 0 Å². The van der Waals surface area contributed by atoms with E-state index in [0.29, 0.717) is 49.7 Å². The van der Waals surface area contributed by atoms with E-state index in [1.807, 2.05) is 18.2 Å². The molecule has 186 valence electrons. The molecule has 0 radical (unpaired) electrons. The fourth-order valence-electron chi connectivity index (χ4n) is 2.77. The van der Waals surface area contributed by atoms with E-state index >= 15 is 0 Å². The van der Waals surface area contributed by atoms with Crippen LogP contribution in [0, 0.1) is 0 Å². The molecule has 0 aliphatic carbocycles. The van der Waals surface area contributed by atoms with Crippen LogP contribution in [0.1, 0.15) is 5.56 Å². The van der Waals surface area contributed by atoms with Crippen LogP contribution < -0.4 is 24.8 Å². The van der Waals surface area contributed by atoms with Crippen molar-refractivity contribution in [2.24, 2.45) is 0 Å².